The highest BCUT2D eigenvalue weighted by Crippen LogP contribution is 2.15. The third-order valence-electron chi connectivity index (χ3n) is 2.78. The fourth-order valence-electron chi connectivity index (χ4n) is 1.99. The second kappa shape index (κ2) is 8.45. The molecule has 0 N–H and O–H groups in total. The van der Waals surface area contributed by atoms with Crippen LogP contribution in [0.1, 0.15) is 50.9 Å². The number of benzene rings is 1. The second-order valence-electron chi connectivity index (χ2n) is 5.77. The smallest absolute Gasteiger partial charge is 0.338 e. The molecular weight excluding hydrogens is 268 g/mol. The number of hydrogen-bond donors (Lipinski definition) is 0. The molecule has 0 radical (unpaired) electrons. The van der Waals surface area contributed by atoms with E-state index in [1.807, 2.05) is 19.9 Å². The molecule has 116 valence electrons. The molecule has 4 heteroatoms. The van der Waals surface area contributed by atoms with Crippen LogP contribution in [0.3, 0.4) is 0 Å². The summed E-state index contributed by atoms with van der Waals surface area (Å²) in [6, 6.07) is 8.78. The molecule has 1 aromatic rings. The van der Waals surface area contributed by atoms with Crippen LogP contribution in [-0.4, -0.2) is 24.1 Å². The van der Waals surface area contributed by atoms with Gasteiger partial charge in [0.1, 0.15) is 6.10 Å². The van der Waals surface area contributed by atoms with E-state index in [0.717, 1.165) is 0 Å². The fraction of sp³-hybridized carbons (Fsp3) is 0.529. The van der Waals surface area contributed by atoms with Crippen LogP contribution in [0.25, 0.3) is 0 Å². The molecule has 1 rings (SSSR count). The van der Waals surface area contributed by atoms with Gasteiger partial charge < -0.3 is 9.47 Å². The zero-order valence-corrected chi connectivity index (χ0v) is 13.2. The van der Waals surface area contributed by atoms with Gasteiger partial charge in [-0.15, -0.1) is 0 Å². The van der Waals surface area contributed by atoms with Gasteiger partial charge in [-0.25, -0.2) is 4.79 Å². The third-order valence-corrected chi connectivity index (χ3v) is 2.78. The van der Waals surface area contributed by atoms with Gasteiger partial charge in [0, 0.05) is 0 Å². The van der Waals surface area contributed by atoms with Gasteiger partial charge >= 0.3 is 11.9 Å². The maximum Gasteiger partial charge on any atom is 0.338 e. The second-order valence-corrected chi connectivity index (χ2v) is 5.77. The zero-order chi connectivity index (χ0) is 15.8. The zero-order valence-electron chi connectivity index (χ0n) is 13.2. The minimum atomic E-state index is -0.455. The van der Waals surface area contributed by atoms with Gasteiger partial charge in [0.25, 0.3) is 0 Å². The highest BCUT2D eigenvalue weighted by molar-refractivity contribution is 5.89. The number of rotatable bonds is 7. The Morgan fingerprint density at radius 3 is 2.14 bits per heavy atom. The number of hydrogen-bond acceptors (Lipinski definition) is 4. The SMILES string of the molecule is CC(C)CC(CC(=O)OC(C)C)OC(=O)c1ccccc1. The van der Waals surface area contributed by atoms with Crippen molar-refractivity contribution in [1.82, 2.24) is 0 Å². The van der Waals surface area contributed by atoms with Crippen molar-refractivity contribution < 1.29 is 19.1 Å². The monoisotopic (exact) mass is 292 g/mol. The summed E-state index contributed by atoms with van der Waals surface area (Å²) < 4.78 is 10.6. The van der Waals surface area contributed by atoms with Gasteiger partial charge in [0.05, 0.1) is 18.1 Å². The first-order valence-electron chi connectivity index (χ1n) is 7.34. The molecule has 0 saturated heterocycles. The van der Waals surface area contributed by atoms with Crippen LogP contribution >= 0.6 is 0 Å². The lowest BCUT2D eigenvalue weighted by Crippen LogP contribution is -2.25. The average molecular weight is 292 g/mol. The Bertz CT molecular complexity index is 451. The average Bonchev–Trinajstić information content (AvgIpc) is 2.37. The summed E-state index contributed by atoms with van der Waals surface area (Å²) >= 11 is 0. The third kappa shape index (κ3) is 6.93. The molecule has 0 aliphatic rings. The first-order valence-corrected chi connectivity index (χ1v) is 7.34. The molecule has 0 saturated carbocycles. The highest BCUT2D eigenvalue weighted by atomic mass is 16.6. The molecule has 1 unspecified atom stereocenters. The summed E-state index contributed by atoms with van der Waals surface area (Å²) in [5.74, 6) is -0.416. The van der Waals surface area contributed by atoms with Crippen LogP contribution in [-0.2, 0) is 14.3 Å². The maximum absolute atomic E-state index is 12.1. The van der Waals surface area contributed by atoms with Crippen molar-refractivity contribution in [1.29, 1.82) is 0 Å². The van der Waals surface area contributed by atoms with Gasteiger partial charge in [0.15, 0.2) is 0 Å². The Morgan fingerprint density at radius 1 is 1.00 bits per heavy atom. The van der Waals surface area contributed by atoms with E-state index in [4.69, 9.17) is 9.47 Å². The normalized spacial score (nSPS) is 12.3. The van der Waals surface area contributed by atoms with Gasteiger partial charge in [-0.3, -0.25) is 4.79 Å². The van der Waals surface area contributed by atoms with E-state index in [1.165, 1.54) is 0 Å². The van der Waals surface area contributed by atoms with Crippen molar-refractivity contribution in [2.45, 2.75) is 52.7 Å². The maximum atomic E-state index is 12.1. The van der Waals surface area contributed by atoms with E-state index in [2.05, 4.69) is 0 Å². The molecule has 1 aromatic carbocycles. The molecule has 0 heterocycles. The van der Waals surface area contributed by atoms with Crippen LogP contribution < -0.4 is 0 Å². The Morgan fingerprint density at radius 2 is 1.62 bits per heavy atom. The van der Waals surface area contributed by atoms with Crippen LogP contribution in [0.5, 0.6) is 0 Å². The van der Waals surface area contributed by atoms with Gasteiger partial charge in [0.2, 0.25) is 0 Å². The van der Waals surface area contributed by atoms with Crippen molar-refractivity contribution in [2.24, 2.45) is 5.92 Å². The molecule has 0 aliphatic heterocycles. The van der Waals surface area contributed by atoms with Crippen LogP contribution in [0, 0.1) is 5.92 Å². The van der Waals surface area contributed by atoms with E-state index >= 15 is 0 Å². The van der Waals surface area contributed by atoms with E-state index in [1.54, 1.807) is 38.1 Å². The Hall–Kier alpha value is -1.84. The lowest BCUT2D eigenvalue weighted by atomic mass is 10.0. The minimum Gasteiger partial charge on any atom is -0.463 e. The lowest BCUT2D eigenvalue weighted by Gasteiger charge is -2.19. The molecule has 4 nitrogen and oxygen atoms in total. The molecule has 0 bridgehead atoms. The lowest BCUT2D eigenvalue weighted by molar-refractivity contribution is -0.149. The Labute approximate surface area is 126 Å². The van der Waals surface area contributed by atoms with Crippen molar-refractivity contribution in [2.75, 3.05) is 0 Å². The molecule has 0 aromatic heterocycles. The number of ether oxygens (including phenoxy) is 2. The van der Waals surface area contributed by atoms with E-state index < -0.39 is 12.1 Å². The first-order chi connectivity index (χ1) is 9.88. The van der Waals surface area contributed by atoms with Crippen LogP contribution in [0.15, 0.2) is 30.3 Å². The predicted molar refractivity (Wildman–Crippen MR) is 80.9 cm³/mol. The Kier molecular flexibility index (Phi) is 6.92. The van der Waals surface area contributed by atoms with Gasteiger partial charge in [-0.1, -0.05) is 32.0 Å². The fourth-order valence-corrected chi connectivity index (χ4v) is 1.99. The predicted octanol–water partition coefficient (Wildman–Crippen LogP) is 3.60. The van der Waals surface area contributed by atoms with E-state index in [-0.39, 0.29) is 18.5 Å². The summed E-state index contributed by atoms with van der Waals surface area (Å²) in [6.07, 6.45) is 0.103. The molecule has 0 aliphatic carbocycles. The minimum absolute atomic E-state index is 0.0922. The van der Waals surface area contributed by atoms with Crippen molar-refractivity contribution in [3.8, 4) is 0 Å². The molecular formula is C17H24O4. The summed E-state index contributed by atoms with van der Waals surface area (Å²) in [6.45, 7) is 7.64. The largest absolute Gasteiger partial charge is 0.463 e. The van der Waals surface area contributed by atoms with Crippen LogP contribution in [0.2, 0.25) is 0 Å². The number of esters is 2. The van der Waals surface area contributed by atoms with Crippen LogP contribution in [0.4, 0.5) is 0 Å². The quantitative estimate of drug-likeness (QED) is 0.720. The van der Waals surface area contributed by atoms with E-state index in [0.29, 0.717) is 17.9 Å². The number of carbonyl (C=O) groups is 2. The molecule has 0 amide bonds. The van der Waals surface area contributed by atoms with Crippen molar-refractivity contribution in [3.63, 3.8) is 0 Å². The molecule has 21 heavy (non-hydrogen) atoms. The molecule has 0 fully saturated rings. The standard InChI is InChI=1S/C17H24O4/c1-12(2)10-15(11-16(18)20-13(3)4)21-17(19)14-8-6-5-7-9-14/h5-9,12-13,15H,10-11H2,1-4H3. The Balaban J connectivity index is 2.65. The topological polar surface area (TPSA) is 52.6 Å². The first kappa shape index (κ1) is 17.2. The summed E-state index contributed by atoms with van der Waals surface area (Å²) in [5, 5.41) is 0. The summed E-state index contributed by atoms with van der Waals surface area (Å²) in [5.41, 5.74) is 0.489. The molecule has 0 spiro atoms. The van der Waals surface area contributed by atoms with E-state index in [9.17, 15) is 9.59 Å². The molecule has 1 atom stereocenters. The summed E-state index contributed by atoms with van der Waals surface area (Å²) in [7, 11) is 0. The summed E-state index contributed by atoms with van der Waals surface area (Å²) in [4.78, 5) is 23.8. The van der Waals surface area contributed by atoms with Crippen molar-refractivity contribution in [3.05, 3.63) is 35.9 Å². The van der Waals surface area contributed by atoms with Gasteiger partial charge in [-0.2, -0.15) is 0 Å². The van der Waals surface area contributed by atoms with Gasteiger partial charge in [-0.05, 0) is 38.3 Å². The highest BCUT2D eigenvalue weighted by Gasteiger charge is 2.21. The number of carbonyl (C=O) groups excluding carboxylic acids is 2. The van der Waals surface area contributed by atoms with Crippen molar-refractivity contribution >= 4 is 11.9 Å².